The Kier molecular flexibility index (Phi) is 10.4. The van der Waals surface area contributed by atoms with E-state index >= 15 is 0 Å². The maximum atomic E-state index is 13.8. The van der Waals surface area contributed by atoms with Gasteiger partial charge < -0.3 is 24.0 Å². The maximum Gasteiger partial charge on any atom is 0.410 e. The minimum Gasteiger partial charge on any atom is -0.461 e. The number of unbranched alkanes of at least 4 members (excludes halogenated alkanes) is 1. The molecule has 1 aliphatic carbocycles. The number of rotatable bonds is 9. The Balaban J connectivity index is 1.58. The average molecular weight is 634 g/mol. The summed E-state index contributed by atoms with van der Waals surface area (Å²) in [5.41, 5.74) is 7.98. The van der Waals surface area contributed by atoms with E-state index in [9.17, 15) is 9.59 Å². The van der Waals surface area contributed by atoms with Crippen LogP contribution in [0.4, 0.5) is 10.5 Å². The Morgan fingerprint density at radius 3 is 2.33 bits per heavy atom. The molecule has 2 aromatic rings. The Labute approximate surface area is 276 Å². The minimum absolute atomic E-state index is 0.235. The third kappa shape index (κ3) is 7.53. The fourth-order valence-corrected chi connectivity index (χ4v) is 7.35. The first-order chi connectivity index (χ1) is 21.8. The van der Waals surface area contributed by atoms with E-state index in [0.717, 1.165) is 84.5 Å². The molecule has 5 rings (SSSR count). The Morgan fingerprint density at radius 1 is 1.00 bits per heavy atom. The summed E-state index contributed by atoms with van der Waals surface area (Å²) in [7, 11) is 0. The van der Waals surface area contributed by atoms with Crippen LogP contribution in [-0.4, -0.2) is 59.9 Å². The predicted octanol–water partition coefficient (Wildman–Crippen LogP) is 8.24. The zero-order valence-corrected chi connectivity index (χ0v) is 29.5. The van der Waals surface area contributed by atoms with Gasteiger partial charge in [-0.25, -0.2) is 9.59 Å². The number of carbonyl (C=O) groups is 2. The van der Waals surface area contributed by atoms with E-state index in [1.54, 1.807) is 4.90 Å². The minimum atomic E-state index is -0.909. The molecule has 1 aromatic carbocycles. The van der Waals surface area contributed by atoms with Crippen molar-refractivity contribution in [1.82, 2.24) is 9.88 Å². The summed E-state index contributed by atoms with van der Waals surface area (Å²) in [5.74, 6) is -0.380. The van der Waals surface area contributed by atoms with E-state index in [1.165, 1.54) is 24.8 Å². The quantitative estimate of drug-likeness (QED) is 0.203. The van der Waals surface area contributed by atoms with Crippen LogP contribution in [0.3, 0.4) is 0 Å². The number of hydrogen-bond donors (Lipinski definition) is 0. The molecule has 0 N–H and O–H groups in total. The number of aromatic nitrogens is 1. The van der Waals surface area contributed by atoms with Crippen molar-refractivity contribution >= 4 is 17.7 Å². The fourth-order valence-electron chi connectivity index (χ4n) is 7.35. The first-order valence-corrected chi connectivity index (χ1v) is 17.5. The summed E-state index contributed by atoms with van der Waals surface area (Å²) in [6, 6.07) is 6.57. The lowest BCUT2D eigenvalue weighted by molar-refractivity contribution is -0.171. The normalized spacial score (nSPS) is 18.3. The monoisotopic (exact) mass is 633 g/mol. The third-order valence-electron chi connectivity index (χ3n) is 9.92. The van der Waals surface area contributed by atoms with Gasteiger partial charge in [-0.2, -0.15) is 0 Å². The molecule has 1 saturated carbocycles. The van der Waals surface area contributed by atoms with Gasteiger partial charge in [-0.15, -0.1) is 0 Å². The highest BCUT2D eigenvalue weighted by Crippen LogP contribution is 2.51. The van der Waals surface area contributed by atoms with E-state index in [-0.39, 0.29) is 18.2 Å². The molecule has 1 atom stereocenters. The first kappa shape index (κ1) is 34.2. The van der Waals surface area contributed by atoms with Crippen molar-refractivity contribution in [2.75, 3.05) is 31.1 Å². The lowest BCUT2D eigenvalue weighted by Crippen LogP contribution is -2.44. The SMILES string of the molecule is CCCCOC(=O)N1CCc2cc(-c3c(C)nc(C)c(C(OC(C)(C)C)C(=O)OC(C)C)c3N3CCC4(CCC4)CC3)ccc2C1. The second kappa shape index (κ2) is 13.9. The molecule has 1 spiro atoms. The van der Waals surface area contributed by atoms with Crippen LogP contribution in [0.25, 0.3) is 11.1 Å². The summed E-state index contributed by atoms with van der Waals surface area (Å²) in [6.45, 7) is 19.4. The summed E-state index contributed by atoms with van der Waals surface area (Å²) in [6.07, 6.45) is 7.50. The molecular formula is C38H55N3O5. The first-order valence-electron chi connectivity index (χ1n) is 17.5. The van der Waals surface area contributed by atoms with Crippen LogP contribution in [0.5, 0.6) is 0 Å². The maximum absolute atomic E-state index is 13.8. The standard InChI is InChI=1S/C38H55N3O5/c1-9-10-22-44-36(43)41-19-14-28-23-29(12-13-30(28)24-41)31-26(4)39-27(5)32(34(46-37(6,7)8)35(42)45-25(2)3)33(31)40-20-17-38(18-21-40)15-11-16-38/h12-13,23,25,34H,9-11,14-22,24H2,1-8H3. The lowest BCUT2D eigenvalue weighted by atomic mass is 9.63. The van der Waals surface area contributed by atoms with Crippen molar-refractivity contribution in [3.8, 4) is 11.1 Å². The topological polar surface area (TPSA) is 81.2 Å². The molecule has 8 nitrogen and oxygen atoms in total. The zero-order valence-electron chi connectivity index (χ0n) is 29.5. The number of ether oxygens (including phenoxy) is 3. The van der Waals surface area contributed by atoms with Gasteiger partial charge in [-0.1, -0.05) is 38.0 Å². The number of piperidine rings is 1. The molecule has 1 amide bonds. The van der Waals surface area contributed by atoms with E-state index in [2.05, 4.69) is 36.9 Å². The molecular weight excluding hydrogens is 578 g/mol. The van der Waals surface area contributed by atoms with Crippen LogP contribution in [0, 0.1) is 19.3 Å². The number of benzene rings is 1. The molecule has 0 bridgehead atoms. The van der Waals surface area contributed by atoms with Gasteiger partial charge >= 0.3 is 12.1 Å². The molecule has 1 aromatic heterocycles. The number of aryl methyl sites for hydroxylation is 2. The van der Waals surface area contributed by atoms with Gasteiger partial charge in [0.1, 0.15) is 0 Å². The molecule has 3 aliphatic rings. The highest BCUT2D eigenvalue weighted by atomic mass is 16.6. The van der Waals surface area contributed by atoms with Crippen molar-refractivity contribution in [1.29, 1.82) is 0 Å². The molecule has 46 heavy (non-hydrogen) atoms. The van der Waals surface area contributed by atoms with Crippen LogP contribution in [0.1, 0.15) is 121 Å². The van der Waals surface area contributed by atoms with Gasteiger partial charge in [0, 0.05) is 48.7 Å². The molecule has 0 radical (unpaired) electrons. The number of hydrogen-bond acceptors (Lipinski definition) is 7. The smallest absolute Gasteiger partial charge is 0.410 e. The second-order valence-corrected chi connectivity index (χ2v) is 15.0. The molecule has 2 fully saturated rings. The van der Waals surface area contributed by atoms with Gasteiger partial charge in [-0.3, -0.25) is 4.98 Å². The number of esters is 1. The summed E-state index contributed by atoms with van der Waals surface area (Å²) in [4.78, 5) is 35.9. The predicted molar refractivity (Wildman–Crippen MR) is 182 cm³/mol. The Bertz CT molecular complexity index is 1410. The molecule has 252 valence electrons. The van der Waals surface area contributed by atoms with Crippen molar-refractivity contribution in [2.24, 2.45) is 5.41 Å². The summed E-state index contributed by atoms with van der Waals surface area (Å²) >= 11 is 0. The van der Waals surface area contributed by atoms with Crippen molar-refractivity contribution in [2.45, 2.75) is 131 Å². The van der Waals surface area contributed by atoms with Gasteiger partial charge in [0.15, 0.2) is 6.10 Å². The fraction of sp³-hybridized carbons (Fsp3) is 0.658. The average Bonchev–Trinajstić information content (AvgIpc) is 2.98. The Morgan fingerprint density at radius 2 is 1.72 bits per heavy atom. The van der Waals surface area contributed by atoms with Crippen LogP contribution < -0.4 is 4.90 Å². The van der Waals surface area contributed by atoms with Crippen molar-refractivity contribution in [3.63, 3.8) is 0 Å². The van der Waals surface area contributed by atoms with Gasteiger partial charge in [0.2, 0.25) is 0 Å². The molecule has 3 heterocycles. The molecule has 2 aliphatic heterocycles. The summed E-state index contributed by atoms with van der Waals surface area (Å²) in [5, 5.41) is 0. The van der Waals surface area contributed by atoms with E-state index < -0.39 is 11.7 Å². The summed E-state index contributed by atoms with van der Waals surface area (Å²) < 4.78 is 17.9. The van der Waals surface area contributed by atoms with Gasteiger partial charge in [0.25, 0.3) is 0 Å². The van der Waals surface area contributed by atoms with Crippen molar-refractivity contribution in [3.05, 3.63) is 46.3 Å². The second-order valence-electron chi connectivity index (χ2n) is 15.0. The lowest BCUT2D eigenvalue weighted by Gasteiger charge is -2.49. The van der Waals surface area contributed by atoms with Crippen molar-refractivity contribution < 1.29 is 23.8 Å². The van der Waals surface area contributed by atoms with E-state index in [4.69, 9.17) is 19.2 Å². The van der Waals surface area contributed by atoms with Gasteiger partial charge in [-0.05, 0) is 109 Å². The van der Waals surface area contributed by atoms with E-state index in [1.807, 2.05) is 41.5 Å². The third-order valence-corrected chi connectivity index (χ3v) is 9.92. The van der Waals surface area contributed by atoms with Crippen LogP contribution in [0.15, 0.2) is 18.2 Å². The molecule has 8 heteroatoms. The Hall–Kier alpha value is -3.13. The largest absolute Gasteiger partial charge is 0.461 e. The van der Waals surface area contributed by atoms with Crippen LogP contribution in [0.2, 0.25) is 0 Å². The van der Waals surface area contributed by atoms with Crippen LogP contribution in [-0.2, 0) is 32.0 Å². The highest BCUT2D eigenvalue weighted by Gasteiger charge is 2.42. The molecule has 1 saturated heterocycles. The molecule has 1 unspecified atom stereocenters. The van der Waals surface area contributed by atoms with Crippen LogP contribution >= 0.6 is 0 Å². The number of carbonyl (C=O) groups excluding carboxylic acids is 2. The highest BCUT2D eigenvalue weighted by molar-refractivity contribution is 5.88. The number of nitrogens with zero attached hydrogens (tertiary/aromatic N) is 3. The number of fused-ring (bicyclic) bond motifs is 1. The number of anilines is 1. The van der Waals surface area contributed by atoms with E-state index in [0.29, 0.717) is 25.1 Å². The van der Waals surface area contributed by atoms with Gasteiger partial charge in [0.05, 0.1) is 24.0 Å². The zero-order chi connectivity index (χ0) is 33.2. The number of amides is 1. The number of pyridine rings is 1.